The fraction of sp³-hybridized carbons (Fsp3) is 0.706. The van der Waals surface area contributed by atoms with E-state index in [0.717, 1.165) is 42.9 Å². The van der Waals surface area contributed by atoms with Gasteiger partial charge in [0.25, 0.3) is 0 Å². The lowest BCUT2D eigenvalue weighted by molar-refractivity contribution is -0.132. The topological polar surface area (TPSA) is 65.5 Å². The van der Waals surface area contributed by atoms with Crippen LogP contribution in [0.15, 0.2) is 5.38 Å². The van der Waals surface area contributed by atoms with E-state index < -0.39 is 0 Å². The molecular weight excluding hydrogens is 324 g/mol. The summed E-state index contributed by atoms with van der Waals surface area (Å²) in [6.07, 6.45) is 3.83. The van der Waals surface area contributed by atoms with Crippen LogP contribution in [-0.4, -0.2) is 52.9 Å². The fourth-order valence-electron chi connectivity index (χ4n) is 2.97. The molecule has 1 aliphatic carbocycles. The van der Waals surface area contributed by atoms with Gasteiger partial charge in [-0.05, 0) is 32.6 Å². The van der Waals surface area contributed by atoms with Gasteiger partial charge in [-0.1, -0.05) is 6.92 Å². The number of urea groups is 1. The minimum Gasteiger partial charge on any atom is -0.341 e. The fourth-order valence-corrected chi connectivity index (χ4v) is 3.80. The smallest absolute Gasteiger partial charge is 0.317 e. The average Bonchev–Trinajstić information content (AvgIpc) is 3.36. The van der Waals surface area contributed by atoms with E-state index in [1.54, 1.807) is 11.3 Å². The molecule has 2 aliphatic rings. The van der Waals surface area contributed by atoms with Crippen molar-refractivity contribution in [3.05, 3.63) is 16.1 Å². The third-order valence-electron chi connectivity index (χ3n) is 4.68. The van der Waals surface area contributed by atoms with E-state index in [4.69, 9.17) is 0 Å². The summed E-state index contributed by atoms with van der Waals surface area (Å²) in [5, 5.41) is 6.15. The maximum absolute atomic E-state index is 12.5. The highest BCUT2D eigenvalue weighted by Gasteiger charge is 2.34. The van der Waals surface area contributed by atoms with Crippen molar-refractivity contribution in [1.29, 1.82) is 0 Å². The molecule has 3 amide bonds. The monoisotopic (exact) mass is 350 g/mol. The first-order chi connectivity index (χ1) is 11.6. The Morgan fingerprint density at radius 1 is 1.29 bits per heavy atom. The molecule has 1 saturated heterocycles. The van der Waals surface area contributed by atoms with Crippen molar-refractivity contribution in [3.8, 4) is 0 Å². The summed E-state index contributed by atoms with van der Waals surface area (Å²) in [7, 11) is 0. The number of carbonyl (C=O) groups is 2. The molecule has 1 unspecified atom stereocenters. The SMILES string of the molecule is CCc1nc(C(C)NC(=O)N2CCCN(C(=O)C3CC3)CC2)cs1. The van der Waals surface area contributed by atoms with Crippen molar-refractivity contribution in [2.24, 2.45) is 5.92 Å². The summed E-state index contributed by atoms with van der Waals surface area (Å²) >= 11 is 1.64. The number of nitrogens with zero attached hydrogens (tertiary/aromatic N) is 3. The second-order valence-corrected chi connectivity index (χ2v) is 7.57. The van der Waals surface area contributed by atoms with Gasteiger partial charge in [-0.25, -0.2) is 9.78 Å². The molecule has 0 aromatic carbocycles. The molecule has 2 fully saturated rings. The number of hydrogen-bond donors (Lipinski definition) is 1. The van der Waals surface area contributed by atoms with Gasteiger partial charge in [-0.2, -0.15) is 0 Å². The largest absolute Gasteiger partial charge is 0.341 e. The molecule has 3 rings (SSSR count). The third-order valence-corrected chi connectivity index (χ3v) is 5.69. The van der Waals surface area contributed by atoms with Crippen molar-refractivity contribution in [1.82, 2.24) is 20.1 Å². The molecule has 132 valence electrons. The van der Waals surface area contributed by atoms with Gasteiger partial charge >= 0.3 is 6.03 Å². The molecule has 0 spiro atoms. The number of rotatable bonds is 4. The maximum atomic E-state index is 12.5. The number of nitrogens with one attached hydrogen (secondary N) is 1. The highest BCUT2D eigenvalue weighted by atomic mass is 32.1. The summed E-state index contributed by atoms with van der Waals surface area (Å²) in [5.74, 6) is 0.531. The lowest BCUT2D eigenvalue weighted by Crippen LogP contribution is -2.43. The Hall–Kier alpha value is -1.63. The van der Waals surface area contributed by atoms with Crippen LogP contribution >= 0.6 is 11.3 Å². The van der Waals surface area contributed by atoms with Gasteiger partial charge in [-0.3, -0.25) is 4.79 Å². The van der Waals surface area contributed by atoms with Crippen molar-refractivity contribution < 1.29 is 9.59 Å². The van der Waals surface area contributed by atoms with Crippen molar-refractivity contribution in [2.75, 3.05) is 26.2 Å². The average molecular weight is 350 g/mol. The van der Waals surface area contributed by atoms with Crippen LogP contribution in [0.25, 0.3) is 0 Å². The molecule has 1 saturated carbocycles. The third kappa shape index (κ3) is 4.06. The first-order valence-electron chi connectivity index (χ1n) is 8.87. The molecule has 1 aromatic rings. The van der Waals surface area contributed by atoms with Gasteiger partial charge < -0.3 is 15.1 Å². The molecule has 2 heterocycles. The zero-order valence-corrected chi connectivity index (χ0v) is 15.3. The van der Waals surface area contributed by atoms with Crippen molar-refractivity contribution in [3.63, 3.8) is 0 Å². The second kappa shape index (κ2) is 7.51. The van der Waals surface area contributed by atoms with Gasteiger partial charge in [0.1, 0.15) is 0 Å². The van der Waals surface area contributed by atoms with Gasteiger partial charge in [0, 0.05) is 37.5 Å². The lowest BCUT2D eigenvalue weighted by Gasteiger charge is -2.24. The van der Waals surface area contributed by atoms with Crippen LogP contribution in [0.2, 0.25) is 0 Å². The number of aryl methyl sites for hydroxylation is 1. The van der Waals surface area contributed by atoms with E-state index in [9.17, 15) is 9.59 Å². The van der Waals surface area contributed by atoms with E-state index in [1.165, 1.54) is 0 Å². The van der Waals surface area contributed by atoms with Gasteiger partial charge in [-0.15, -0.1) is 11.3 Å². The van der Waals surface area contributed by atoms with Crippen LogP contribution in [0.4, 0.5) is 4.79 Å². The van der Waals surface area contributed by atoms with Gasteiger partial charge in [0.2, 0.25) is 5.91 Å². The van der Waals surface area contributed by atoms with E-state index in [0.29, 0.717) is 19.6 Å². The van der Waals surface area contributed by atoms with Crippen molar-refractivity contribution >= 4 is 23.3 Å². The zero-order valence-electron chi connectivity index (χ0n) is 14.5. The van der Waals surface area contributed by atoms with E-state index in [-0.39, 0.29) is 23.9 Å². The lowest BCUT2D eigenvalue weighted by atomic mass is 10.2. The van der Waals surface area contributed by atoms with E-state index in [1.807, 2.05) is 22.1 Å². The molecule has 1 N–H and O–H groups in total. The summed E-state index contributed by atoms with van der Waals surface area (Å²) in [5.41, 5.74) is 0.922. The van der Waals surface area contributed by atoms with Gasteiger partial charge in [0.05, 0.1) is 16.7 Å². The predicted octanol–water partition coefficient (Wildman–Crippen LogP) is 2.42. The van der Waals surface area contributed by atoms with Crippen LogP contribution < -0.4 is 5.32 Å². The predicted molar refractivity (Wildman–Crippen MR) is 93.9 cm³/mol. The first kappa shape index (κ1) is 17.2. The Bertz CT molecular complexity index is 599. The second-order valence-electron chi connectivity index (χ2n) is 6.63. The Morgan fingerprint density at radius 3 is 2.67 bits per heavy atom. The number of aromatic nitrogens is 1. The minimum atomic E-state index is -0.0958. The zero-order chi connectivity index (χ0) is 17.1. The Balaban J connectivity index is 1.51. The molecule has 1 atom stereocenters. The summed E-state index contributed by atoms with van der Waals surface area (Å²) in [6, 6.07) is -0.157. The van der Waals surface area contributed by atoms with Crippen LogP contribution in [0.5, 0.6) is 0 Å². The molecule has 6 nitrogen and oxygen atoms in total. The summed E-state index contributed by atoms with van der Waals surface area (Å²) in [4.78, 5) is 33.0. The quantitative estimate of drug-likeness (QED) is 0.907. The van der Waals surface area contributed by atoms with Crippen LogP contribution in [0.3, 0.4) is 0 Å². The molecule has 0 radical (unpaired) electrons. The van der Waals surface area contributed by atoms with Crippen LogP contribution in [0, 0.1) is 5.92 Å². The molecular formula is C17H26N4O2S. The Kier molecular flexibility index (Phi) is 5.38. The molecule has 1 aliphatic heterocycles. The highest BCUT2D eigenvalue weighted by Crippen LogP contribution is 2.31. The van der Waals surface area contributed by atoms with Crippen molar-refractivity contribution in [2.45, 2.75) is 45.6 Å². The Labute approximate surface area is 147 Å². The van der Waals surface area contributed by atoms with Gasteiger partial charge in [0.15, 0.2) is 0 Å². The molecule has 1 aromatic heterocycles. The number of carbonyl (C=O) groups excluding carboxylic acids is 2. The summed E-state index contributed by atoms with van der Waals surface area (Å²) in [6.45, 7) is 6.76. The van der Waals surface area contributed by atoms with Crippen LogP contribution in [-0.2, 0) is 11.2 Å². The van der Waals surface area contributed by atoms with Crippen LogP contribution in [0.1, 0.15) is 49.9 Å². The standard InChI is InChI=1S/C17H26N4O2S/c1-3-15-19-14(11-24-15)12(2)18-17(23)21-8-4-7-20(9-10-21)16(22)13-5-6-13/h11-13H,3-10H2,1-2H3,(H,18,23). The first-order valence-corrected chi connectivity index (χ1v) is 9.75. The molecule has 7 heteroatoms. The minimum absolute atomic E-state index is 0.0609. The number of hydrogen-bond acceptors (Lipinski definition) is 4. The maximum Gasteiger partial charge on any atom is 0.317 e. The van der Waals surface area contributed by atoms with E-state index in [2.05, 4.69) is 17.2 Å². The number of thiazole rings is 1. The highest BCUT2D eigenvalue weighted by molar-refractivity contribution is 7.09. The van der Waals surface area contributed by atoms with E-state index >= 15 is 0 Å². The Morgan fingerprint density at radius 2 is 2.00 bits per heavy atom. The number of amides is 3. The molecule has 0 bridgehead atoms. The normalized spacial score (nSPS) is 19.8. The summed E-state index contributed by atoms with van der Waals surface area (Å²) < 4.78 is 0. The molecule has 24 heavy (non-hydrogen) atoms.